The van der Waals surface area contributed by atoms with Crippen molar-refractivity contribution in [3.63, 3.8) is 0 Å². The number of halogens is 1. The molecule has 2 aromatic rings. The van der Waals surface area contributed by atoms with Crippen molar-refractivity contribution in [2.75, 3.05) is 20.1 Å². The minimum absolute atomic E-state index is 0.110. The van der Waals surface area contributed by atoms with Crippen molar-refractivity contribution >= 4 is 32.8 Å². The summed E-state index contributed by atoms with van der Waals surface area (Å²) in [6.07, 6.45) is 0. The summed E-state index contributed by atoms with van der Waals surface area (Å²) in [4.78, 5) is 14.3. The van der Waals surface area contributed by atoms with Crippen molar-refractivity contribution in [2.24, 2.45) is 11.1 Å². The summed E-state index contributed by atoms with van der Waals surface area (Å²) in [6, 6.07) is 5.74. The molecule has 1 amide bonds. The van der Waals surface area contributed by atoms with Gasteiger partial charge >= 0.3 is 0 Å². The number of fused-ring (bicyclic) bond motifs is 1. The molecular formula is C16H21BrN2O2. The van der Waals surface area contributed by atoms with Gasteiger partial charge in [0.1, 0.15) is 5.58 Å². The highest BCUT2D eigenvalue weighted by Gasteiger charge is 2.25. The lowest BCUT2D eigenvalue weighted by Gasteiger charge is -2.28. The van der Waals surface area contributed by atoms with Gasteiger partial charge in [0.25, 0.3) is 5.91 Å². The topological polar surface area (TPSA) is 59.5 Å². The van der Waals surface area contributed by atoms with Gasteiger partial charge in [-0.15, -0.1) is 0 Å². The summed E-state index contributed by atoms with van der Waals surface area (Å²) in [7, 11) is 1.78. The normalized spacial score (nSPS) is 11.9. The molecular weight excluding hydrogens is 332 g/mol. The molecule has 4 nitrogen and oxygen atoms in total. The first-order chi connectivity index (χ1) is 9.75. The average Bonchev–Trinajstić information content (AvgIpc) is 2.74. The Morgan fingerprint density at radius 3 is 2.71 bits per heavy atom. The lowest BCUT2D eigenvalue weighted by molar-refractivity contribution is 0.0710. The van der Waals surface area contributed by atoms with E-state index < -0.39 is 0 Å². The van der Waals surface area contributed by atoms with E-state index in [0.29, 0.717) is 18.8 Å². The van der Waals surface area contributed by atoms with Crippen molar-refractivity contribution in [1.82, 2.24) is 4.90 Å². The Balaban J connectivity index is 2.33. The Kier molecular flexibility index (Phi) is 4.44. The van der Waals surface area contributed by atoms with Crippen molar-refractivity contribution < 1.29 is 9.21 Å². The van der Waals surface area contributed by atoms with Crippen molar-refractivity contribution in [2.45, 2.75) is 20.8 Å². The fraction of sp³-hybridized carbons (Fsp3) is 0.438. The van der Waals surface area contributed by atoms with Gasteiger partial charge in [-0.05, 0) is 37.1 Å². The van der Waals surface area contributed by atoms with Crippen LogP contribution in [0, 0.1) is 12.3 Å². The first-order valence-corrected chi connectivity index (χ1v) is 7.68. The maximum absolute atomic E-state index is 12.6. The zero-order valence-corrected chi connectivity index (χ0v) is 14.5. The predicted octanol–water partition coefficient (Wildman–Crippen LogP) is 3.56. The molecule has 2 rings (SSSR count). The Labute approximate surface area is 133 Å². The second-order valence-electron chi connectivity index (χ2n) is 6.23. The number of furan rings is 1. The predicted molar refractivity (Wildman–Crippen MR) is 88.4 cm³/mol. The maximum Gasteiger partial charge on any atom is 0.289 e. The molecule has 0 fully saturated rings. The second kappa shape index (κ2) is 5.81. The Bertz CT molecular complexity index is 676. The molecule has 2 N–H and O–H groups in total. The lowest BCUT2D eigenvalue weighted by Crippen LogP contribution is -2.39. The van der Waals surface area contributed by atoms with E-state index in [1.165, 1.54) is 0 Å². The molecule has 0 bridgehead atoms. The number of carbonyl (C=O) groups is 1. The monoisotopic (exact) mass is 352 g/mol. The molecule has 1 heterocycles. The molecule has 1 aromatic carbocycles. The Hall–Kier alpha value is -1.33. The number of rotatable bonds is 4. The first kappa shape index (κ1) is 16.0. The molecule has 21 heavy (non-hydrogen) atoms. The van der Waals surface area contributed by atoms with E-state index in [1.807, 2.05) is 39.0 Å². The van der Waals surface area contributed by atoms with Gasteiger partial charge in [0.05, 0.1) is 0 Å². The van der Waals surface area contributed by atoms with Crippen LogP contribution in [0.1, 0.15) is 30.0 Å². The van der Waals surface area contributed by atoms with Gasteiger partial charge in [0.15, 0.2) is 5.76 Å². The van der Waals surface area contributed by atoms with E-state index in [-0.39, 0.29) is 11.3 Å². The number of amides is 1. The molecule has 0 saturated heterocycles. The van der Waals surface area contributed by atoms with Crippen LogP contribution in [-0.2, 0) is 0 Å². The smallest absolute Gasteiger partial charge is 0.289 e. The van der Waals surface area contributed by atoms with Crippen LogP contribution in [0.5, 0.6) is 0 Å². The van der Waals surface area contributed by atoms with Gasteiger partial charge in [-0.1, -0.05) is 29.8 Å². The van der Waals surface area contributed by atoms with Gasteiger partial charge in [-0.3, -0.25) is 4.79 Å². The summed E-state index contributed by atoms with van der Waals surface area (Å²) in [5.41, 5.74) is 7.21. The van der Waals surface area contributed by atoms with E-state index in [2.05, 4.69) is 15.9 Å². The highest BCUT2D eigenvalue weighted by molar-refractivity contribution is 9.10. The van der Waals surface area contributed by atoms with Gasteiger partial charge in [-0.25, -0.2) is 0 Å². The quantitative estimate of drug-likeness (QED) is 0.914. The van der Waals surface area contributed by atoms with Crippen molar-refractivity contribution in [3.05, 3.63) is 34.0 Å². The third-order valence-corrected chi connectivity index (χ3v) is 4.15. The number of aryl methyl sites for hydroxylation is 1. The minimum atomic E-state index is -0.118. The molecule has 0 aliphatic heterocycles. The molecule has 0 atom stereocenters. The van der Waals surface area contributed by atoms with Crippen LogP contribution in [0.15, 0.2) is 27.1 Å². The molecule has 0 saturated carbocycles. The van der Waals surface area contributed by atoms with Crippen molar-refractivity contribution in [1.29, 1.82) is 0 Å². The minimum Gasteiger partial charge on any atom is -0.451 e. The van der Waals surface area contributed by atoms with E-state index >= 15 is 0 Å². The fourth-order valence-electron chi connectivity index (χ4n) is 2.35. The third-order valence-electron chi connectivity index (χ3n) is 3.66. The molecule has 0 spiro atoms. The summed E-state index contributed by atoms with van der Waals surface area (Å²) in [6.45, 7) is 7.10. The summed E-state index contributed by atoms with van der Waals surface area (Å²) in [5.74, 6) is 0.291. The number of nitrogens with two attached hydrogens (primary N) is 1. The molecule has 114 valence electrons. The molecule has 0 aliphatic carbocycles. The SMILES string of the molecule is Cc1c(C(=O)N(C)CC(C)(C)CN)oc2ccc(Br)cc12. The van der Waals surface area contributed by atoms with Crippen LogP contribution in [0.25, 0.3) is 11.0 Å². The highest BCUT2D eigenvalue weighted by atomic mass is 79.9. The summed E-state index contributed by atoms with van der Waals surface area (Å²) in [5, 5.41) is 0.958. The van der Waals surface area contributed by atoms with Gasteiger partial charge in [-0.2, -0.15) is 0 Å². The van der Waals surface area contributed by atoms with Gasteiger partial charge in [0, 0.05) is 29.0 Å². The standard InChI is InChI=1S/C16H21BrN2O2/c1-10-12-7-11(17)5-6-13(12)21-14(10)15(20)19(4)9-16(2,3)8-18/h5-7H,8-9,18H2,1-4H3. The molecule has 0 unspecified atom stereocenters. The van der Waals surface area contributed by atoms with Crippen LogP contribution in [0.3, 0.4) is 0 Å². The van der Waals surface area contributed by atoms with Crippen LogP contribution < -0.4 is 5.73 Å². The second-order valence-corrected chi connectivity index (χ2v) is 7.14. The number of nitrogens with zero attached hydrogens (tertiary/aromatic N) is 1. The largest absolute Gasteiger partial charge is 0.451 e. The van der Waals surface area contributed by atoms with Gasteiger partial charge < -0.3 is 15.1 Å². The van der Waals surface area contributed by atoms with Crippen LogP contribution in [0.2, 0.25) is 0 Å². The number of hydrogen-bond donors (Lipinski definition) is 1. The number of benzene rings is 1. The van der Waals surface area contributed by atoms with E-state index in [4.69, 9.17) is 10.2 Å². The average molecular weight is 353 g/mol. The summed E-state index contributed by atoms with van der Waals surface area (Å²) >= 11 is 3.44. The molecule has 0 radical (unpaired) electrons. The van der Waals surface area contributed by atoms with Crippen molar-refractivity contribution in [3.8, 4) is 0 Å². The first-order valence-electron chi connectivity index (χ1n) is 6.89. The number of carbonyl (C=O) groups excluding carboxylic acids is 1. The van der Waals surface area contributed by atoms with Crippen LogP contribution in [-0.4, -0.2) is 30.9 Å². The van der Waals surface area contributed by atoms with Crippen LogP contribution in [0.4, 0.5) is 0 Å². The summed E-state index contributed by atoms with van der Waals surface area (Å²) < 4.78 is 6.71. The zero-order chi connectivity index (χ0) is 15.8. The van der Waals surface area contributed by atoms with E-state index in [0.717, 1.165) is 21.0 Å². The molecule has 1 aromatic heterocycles. The lowest BCUT2D eigenvalue weighted by atomic mass is 9.93. The zero-order valence-electron chi connectivity index (χ0n) is 12.9. The molecule has 0 aliphatic rings. The van der Waals surface area contributed by atoms with Gasteiger partial charge in [0.2, 0.25) is 0 Å². The fourth-order valence-corrected chi connectivity index (χ4v) is 2.71. The Morgan fingerprint density at radius 1 is 1.43 bits per heavy atom. The van der Waals surface area contributed by atoms with Crippen LogP contribution >= 0.6 is 15.9 Å². The maximum atomic E-state index is 12.6. The number of hydrogen-bond acceptors (Lipinski definition) is 3. The third kappa shape index (κ3) is 3.30. The van der Waals surface area contributed by atoms with E-state index in [9.17, 15) is 4.79 Å². The molecule has 5 heteroatoms. The Morgan fingerprint density at radius 2 is 2.10 bits per heavy atom. The highest BCUT2D eigenvalue weighted by Crippen LogP contribution is 2.29. The van der Waals surface area contributed by atoms with E-state index in [1.54, 1.807) is 11.9 Å².